The predicted octanol–water partition coefficient (Wildman–Crippen LogP) is 7.18. The van der Waals surface area contributed by atoms with Gasteiger partial charge in [0.1, 0.15) is 6.17 Å². The highest BCUT2D eigenvalue weighted by atomic mass is 35.5. The topological polar surface area (TPSA) is 27.3 Å². The second kappa shape index (κ2) is 11.6. The molecule has 2 aliphatic rings. The molecule has 2 heterocycles. The fourth-order valence-electron chi connectivity index (χ4n) is 4.29. The Balaban J connectivity index is 0.000000968. The van der Waals surface area contributed by atoms with Crippen LogP contribution in [0.1, 0.15) is 57.7 Å². The number of nitrogens with zero attached hydrogens (tertiary/aromatic N) is 1. The Morgan fingerprint density at radius 2 is 1.88 bits per heavy atom. The van der Waals surface area contributed by atoms with Crippen LogP contribution in [0.2, 0.25) is 5.02 Å². The van der Waals surface area contributed by atoms with Gasteiger partial charge in [0.15, 0.2) is 0 Å². The van der Waals surface area contributed by atoms with E-state index in [1.54, 1.807) is 0 Å². The van der Waals surface area contributed by atoms with Crippen LogP contribution < -0.4 is 10.6 Å². The fourth-order valence-corrected chi connectivity index (χ4v) is 4.59. The number of rotatable bonds is 6. The maximum Gasteiger partial charge on any atom is 0.109 e. The number of aryl methyl sites for hydroxylation is 1. The van der Waals surface area contributed by atoms with Crippen LogP contribution in [-0.4, -0.2) is 17.6 Å². The molecule has 0 saturated heterocycles. The van der Waals surface area contributed by atoms with Gasteiger partial charge in [-0.15, -0.1) is 0 Å². The van der Waals surface area contributed by atoms with Crippen molar-refractivity contribution in [1.82, 2.24) is 15.5 Å². The molecule has 0 bridgehead atoms. The van der Waals surface area contributed by atoms with E-state index in [1.807, 2.05) is 13.0 Å². The molecule has 2 aliphatic heterocycles. The third kappa shape index (κ3) is 6.31. The Kier molecular flexibility index (Phi) is 8.82. The largest absolute Gasteiger partial charge is 0.366 e. The van der Waals surface area contributed by atoms with Gasteiger partial charge in [0.2, 0.25) is 0 Å². The monoisotopic (exact) mass is 463 g/mol. The summed E-state index contributed by atoms with van der Waals surface area (Å²) in [6.07, 6.45) is 6.60. The number of halogens is 1. The second-order valence-corrected chi connectivity index (χ2v) is 9.45. The molecule has 176 valence electrons. The van der Waals surface area contributed by atoms with Crippen LogP contribution in [0.4, 0.5) is 0 Å². The number of nitrogens with one attached hydrogen (secondary N) is 2. The van der Waals surface area contributed by atoms with E-state index >= 15 is 0 Å². The van der Waals surface area contributed by atoms with Crippen LogP contribution >= 0.6 is 11.6 Å². The molecule has 33 heavy (non-hydrogen) atoms. The quantitative estimate of drug-likeness (QED) is 0.444. The molecule has 1 atom stereocenters. The molecule has 0 saturated carbocycles. The highest BCUT2D eigenvalue weighted by Crippen LogP contribution is 2.36. The van der Waals surface area contributed by atoms with Crippen molar-refractivity contribution in [1.29, 1.82) is 0 Å². The van der Waals surface area contributed by atoms with Gasteiger partial charge in [-0.1, -0.05) is 87.4 Å². The first-order chi connectivity index (χ1) is 15.9. The van der Waals surface area contributed by atoms with Crippen molar-refractivity contribution in [2.75, 3.05) is 6.54 Å². The van der Waals surface area contributed by atoms with E-state index in [0.717, 1.165) is 47.9 Å². The number of hydrogen-bond acceptors (Lipinski definition) is 3. The zero-order valence-electron chi connectivity index (χ0n) is 20.8. The zero-order chi connectivity index (χ0) is 24.0. The lowest BCUT2D eigenvalue weighted by atomic mass is 9.96. The summed E-state index contributed by atoms with van der Waals surface area (Å²) in [5.41, 5.74) is 9.83. The summed E-state index contributed by atoms with van der Waals surface area (Å²) in [5, 5.41) is 8.01. The predicted molar refractivity (Wildman–Crippen MR) is 143 cm³/mol. The summed E-state index contributed by atoms with van der Waals surface area (Å²) in [6, 6.07) is 13.1. The molecule has 3 nitrogen and oxygen atoms in total. The SMILES string of the molecule is C=C(C)/C=C\C1=C(C)NC(CN2Cc3cccc(-c4ccc(CC)cc4Cl)c3C2)N1.CCC. The lowest BCUT2D eigenvalue weighted by Gasteiger charge is -2.21. The Bertz CT molecular complexity index is 1050. The van der Waals surface area contributed by atoms with Crippen LogP contribution in [0.15, 0.2) is 72.1 Å². The summed E-state index contributed by atoms with van der Waals surface area (Å²) in [6.45, 7) is 17.3. The highest BCUT2D eigenvalue weighted by Gasteiger charge is 2.27. The fraction of sp³-hybridized carbons (Fsp3) is 0.379. The Hall–Kier alpha value is -2.49. The van der Waals surface area contributed by atoms with E-state index in [9.17, 15) is 0 Å². The molecule has 0 aromatic heterocycles. The molecule has 0 spiro atoms. The van der Waals surface area contributed by atoms with E-state index in [0.29, 0.717) is 0 Å². The summed E-state index contributed by atoms with van der Waals surface area (Å²) in [4.78, 5) is 2.49. The Morgan fingerprint density at radius 1 is 1.12 bits per heavy atom. The van der Waals surface area contributed by atoms with Gasteiger partial charge in [-0.25, -0.2) is 0 Å². The molecule has 1 unspecified atom stereocenters. The highest BCUT2D eigenvalue weighted by molar-refractivity contribution is 6.33. The molecule has 0 radical (unpaired) electrons. The number of benzene rings is 2. The molecule has 2 aromatic carbocycles. The van der Waals surface area contributed by atoms with Crippen molar-refractivity contribution in [3.63, 3.8) is 0 Å². The average Bonchev–Trinajstić information content (AvgIpc) is 3.35. The van der Waals surface area contributed by atoms with Crippen molar-refractivity contribution in [2.45, 2.75) is 66.7 Å². The Morgan fingerprint density at radius 3 is 2.55 bits per heavy atom. The minimum absolute atomic E-state index is 0.208. The van der Waals surface area contributed by atoms with Crippen molar-refractivity contribution in [3.8, 4) is 11.1 Å². The number of hydrogen-bond donors (Lipinski definition) is 2. The molecule has 4 rings (SSSR count). The van der Waals surface area contributed by atoms with Crippen LogP contribution in [0, 0.1) is 0 Å². The van der Waals surface area contributed by atoms with Gasteiger partial charge >= 0.3 is 0 Å². The lowest BCUT2D eigenvalue weighted by Crippen LogP contribution is -2.42. The van der Waals surface area contributed by atoms with Gasteiger partial charge < -0.3 is 10.6 Å². The number of allylic oxidation sites excluding steroid dienone is 4. The minimum Gasteiger partial charge on any atom is -0.366 e. The van der Waals surface area contributed by atoms with Gasteiger partial charge in [0, 0.05) is 35.9 Å². The molecule has 2 aromatic rings. The normalized spacial score (nSPS) is 17.5. The van der Waals surface area contributed by atoms with E-state index in [2.05, 4.69) is 92.3 Å². The molecule has 2 N–H and O–H groups in total. The van der Waals surface area contributed by atoms with Crippen LogP contribution in [0.5, 0.6) is 0 Å². The average molecular weight is 464 g/mol. The van der Waals surface area contributed by atoms with Crippen LogP contribution in [0.3, 0.4) is 0 Å². The van der Waals surface area contributed by atoms with Crippen LogP contribution in [-0.2, 0) is 19.5 Å². The molecule has 4 heteroatoms. The third-order valence-electron chi connectivity index (χ3n) is 5.88. The summed E-state index contributed by atoms with van der Waals surface area (Å²) >= 11 is 6.65. The van der Waals surface area contributed by atoms with E-state index in [-0.39, 0.29) is 6.17 Å². The van der Waals surface area contributed by atoms with Gasteiger partial charge in [0.25, 0.3) is 0 Å². The first-order valence-corrected chi connectivity index (χ1v) is 12.4. The van der Waals surface area contributed by atoms with Gasteiger partial charge in [0.05, 0.1) is 5.70 Å². The van der Waals surface area contributed by atoms with E-state index in [4.69, 9.17) is 11.6 Å². The maximum absolute atomic E-state index is 6.65. The zero-order valence-corrected chi connectivity index (χ0v) is 21.5. The molecule has 0 amide bonds. The van der Waals surface area contributed by atoms with Gasteiger partial charge in [-0.3, -0.25) is 4.90 Å². The third-order valence-corrected chi connectivity index (χ3v) is 6.19. The molecule has 0 aliphatic carbocycles. The smallest absolute Gasteiger partial charge is 0.109 e. The second-order valence-electron chi connectivity index (χ2n) is 9.05. The molecule has 0 fully saturated rings. The number of fused-ring (bicyclic) bond motifs is 1. The summed E-state index contributed by atoms with van der Waals surface area (Å²) in [7, 11) is 0. The van der Waals surface area contributed by atoms with Gasteiger partial charge in [-0.2, -0.15) is 0 Å². The minimum atomic E-state index is 0.208. The summed E-state index contributed by atoms with van der Waals surface area (Å²) in [5.74, 6) is 0. The van der Waals surface area contributed by atoms with E-state index in [1.165, 1.54) is 34.4 Å². The first kappa shape index (κ1) is 25.1. The maximum atomic E-state index is 6.65. The van der Waals surface area contributed by atoms with Crippen molar-refractivity contribution >= 4 is 11.6 Å². The van der Waals surface area contributed by atoms with Crippen molar-refractivity contribution < 1.29 is 0 Å². The first-order valence-electron chi connectivity index (χ1n) is 12.1. The molecular formula is C29H38ClN3. The lowest BCUT2D eigenvalue weighted by molar-refractivity contribution is 0.249. The molecular weight excluding hydrogens is 426 g/mol. The van der Waals surface area contributed by atoms with Crippen molar-refractivity contribution in [2.24, 2.45) is 0 Å². The Labute approximate surface area is 205 Å². The van der Waals surface area contributed by atoms with Crippen molar-refractivity contribution in [3.05, 3.63) is 93.8 Å². The summed E-state index contributed by atoms with van der Waals surface area (Å²) < 4.78 is 0. The van der Waals surface area contributed by atoms with Gasteiger partial charge in [-0.05, 0) is 54.7 Å². The van der Waals surface area contributed by atoms with Crippen LogP contribution in [0.25, 0.3) is 11.1 Å². The van der Waals surface area contributed by atoms with E-state index < -0.39 is 0 Å². The standard InChI is InChI=1S/C26H30ClN3.C3H8/c1-5-19-10-11-22(24(27)13-19)21-8-6-7-20-14-30(15-23(20)21)16-26-28-18(4)25(29-26)12-9-17(2)3;1-3-2/h6-13,26,28-29H,2,5,14-16H2,1,3-4H3;3H2,1-2H3/b12-9-;.